The summed E-state index contributed by atoms with van der Waals surface area (Å²) in [7, 11) is 1.71. The molecule has 20 heavy (non-hydrogen) atoms. The third kappa shape index (κ3) is 3.06. The summed E-state index contributed by atoms with van der Waals surface area (Å²) < 4.78 is 5.78. The Morgan fingerprint density at radius 1 is 1.15 bits per heavy atom. The first kappa shape index (κ1) is 13.9. The maximum Gasteiger partial charge on any atom is 0.275 e. The number of rotatable bonds is 4. The molecule has 0 bridgehead atoms. The van der Waals surface area contributed by atoms with Crippen LogP contribution in [0, 0.1) is 24.0 Å². The van der Waals surface area contributed by atoms with Crippen LogP contribution in [0.3, 0.4) is 0 Å². The van der Waals surface area contributed by atoms with Crippen molar-refractivity contribution in [3.05, 3.63) is 57.6 Å². The van der Waals surface area contributed by atoms with Gasteiger partial charge < -0.3 is 10.1 Å². The zero-order chi connectivity index (χ0) is 14.7. The van der Waals surface area contributed by atoms with Gasteiger partial charge in [-0.3, -0.25) is 10.1 Å². The van der Waals surface area contributed by atoms with E-state index < -0.39 is 4.92 Å². The standard InChI is InChI=1S/C15H16N2O3/c1-10-4-5-11(2)15(6-10)20-14-8-12(16-3)7-13(9-14)17(18)19/h4-9,16H,1-3H3. The number of hydrogen-bond acceptors (Lipinski definition) is 4. The molecule has 0 saturated carbocycles. The summed E-state index contributed by atoms with van der Waals surface area (Å²) in [6.07, 6.45) is 0. The summed E-state index contributed by atoms with van der Waals surface area (Å²) in [5, 5.41) is 13.8. The van der Waals surface area contributed by atoms with Gasteiger partial charge in [0.2, 0.25) is 0 Å². The molecule has 2 aromatic rings. The van der Waals surface area contributed by atoms with Crippen molar-refractivity contribution in [2.45, 2.75) is 13.8 Å². The van der Waals surface area contributed by atoms with Gasteiger partial charge in [0, 0.05) is 24.9 Å². The normalized spacial score (nSPS) is 10.2. The molecular formula is C15H16N2O3. The quantitative estimate of drug-likeness (QED) is 0.673. The van der Waals surface area contributed by atoms with Gasteiger partial charge in [0.05, 0.1) is 11.0 Å². The van der Waals surface area contributed by atoms with Crippen molar-refractivity contribution >= 4 is 11.4 Å². The van der Waals surface area contributed by atoms with Gasteiger partial charge in [0.15, 0.2) is 0 Å². The van der Waals surface area contributed by atoms with E-state index in [2.05, 4.69) is 5.32 Å². The fraction of sp³-hybridized carbons (Fsp3) is 0.200. The number of ether oxygens (including phenoxy) is 1. The van der Waals surface area contributed by atoms with Crippen molar-refractivity contribution in [3.8, 4) is 11.5 Å². The number of non-ortho nitro benzene ring substituents is 1. The molecule has 0 saturated heterocycles. The minimum atomic E-state index is -0.434. The van der Waals surface area contributed by atoms with Gasteiger partial charge in [-0.2, -0.15) is 0 Å². The second-order valence-electron chi connectivity index (χ2n) is 4.59. The third-order valence-corrected chi connectivity index (χ3v) is 2.96. The van der Waals surface area contributed by atoms with Gasteiger partial charge in [-0.05, 0) is 31.0 Å². The highest BCUT2D eigenvalue weighted by Crippen LogP contribution is 2.31. The van der Waals surface area contributed by atoms with Gasteiger partial charge >= 0.3 is 0 Å². The number of aryl methyl sites for hydroxylation is 2. The molecule has 5 heteroatoms. The van der Waals surface area contributed by atoms with E-state index in [-0.39, 0.29) is 5.69 Å². The summed E-state index contributed by atoms with van der Waals surface area (Å²) in [4.78, 5) is 10.5. The Kier molecular flexibility index (Phi) is 3.89. The fourth-order valence-corrected chi connectivity index (χ4v) is 1.84. The predicted octanol–water partition coefficient (Wildman–Crippen LogP) is 4.05. The second-order valence-corrected chi connectivity index (χ2v) is 4.59. The van der Waals surface area contributed by atoms with Crippen LogP contribution < -0.4 is 10.1 Å². The van der Waals surface area contributed by atoms with Crippen LogP contribution in [0.2, 0.25) is 0 Å². The molecule has 5 nitrogen and oxygen atoms in total. The highest BCUT2D eigenvalue weighted by atomic mass is 16.6. The zero-order valence-corrected chi connectivity index (χ0v) is 11.6. The van der Waals surface area contributed by atoms with E-state index >= 15 is 0 Å². The number of benzene rings is 2. The predicted molar refractivity (Wildman–Crippen MR) is 78.6 cm³/mol. The van der Waals surface area contributed by atoms with E-state index in [9.17, 15) is 10.1 Å². The lowest BCUT2D eigenvalue weighted by Crippen LogP contribution is -1.95. The average molecular weight is 272 g/mol. The van der Waals surface area contributed by atoms with Crippen LogP contribution in [-0.4, -0.2) is 12.0 Å². The highest BCUT2D eigenvalue weighted by Gasteiger charge is 2.11. The Morgan fingerprint density at radius 2 is 1.90 bits per heavy atom. The average Bonchev–Trinajstić information content (AvgIpc) is 2.42. The Labute approximate surface area is 117 Å². The van der Waals surface area contributed by atoms with Crippen molar-refractivity contribution in [2.75, 3.05) is 12.4 Å². The van der Waals surface area contributed by atoms with Crippen molar-refractivity contribution in [3.63, 3.8) is 0 Å². The van der Waals surface area contributed by atoms with E-state index in [1.807, 2.05) is 32.0 Å². The van der Waals surface area contributed by atoms with E-state index in [0.29, 0.717) is 17.2 Å². The van der Waals surface area contributed by atoms with E-state index in [1.54, 1.807) is 13.1 Å². The molecular weight excluding hydrogens is 256 g/mol. The molecule has 0 radical (unpaired) electrons. The van der Waals surface area contributed by atoms with Crippen molar-refractivity contribution in [1.29, 1.82) is 0 Å². The zero-order valence-electron chi connectivity index (χ0n) is 11.6. The van der Waals surface area contributed by atoms with E-state index in [1.165, 1.54) is 12.1 Å². The minimum Gasteiger partial charge on any atom is -0.457 e. The van der Waals surface area contributed by atoms with E-state index in [4.69, 9.17) is 4.74 Å². The van der Waals surface area contributed by atoms with Gasteiger partial charge in [0.25, 0.3) is 5.69 Å². The molecule has 0 heterocycles. The van der Waals surface area contributed by atoms with E-state index in [0.717, 1.165) is 11.1 Å². The minimum absolute atomic E-state index is 0.00263. The number of anilines is 1. The third-order valence-electron chi connectivity index (χ3n) is 2.96. The maximum absolute atomic E-state index is 10.9. The summed E-state index contributed by atoms with van der Waals surface area (Å²) in [5.41, 5.74) is 2.69. The van der Waals surface area contributed by atoms with Crippen LogP contribution in [-0.2, 0) is 0 Å². The Bertz CT molecular complexity index is 654. The van der Waals surface area contributed by atoms with Gasteiger partial charge in [-0.1, -0.05) is 12.1 Å². The topological polar surface area (TPSA) is 64.4 Å². The first-order valence-corrected chi connectivity index (χ1v) is 6.22. The number of nitro groups is 1. The lowest BCUT2D eigenvalue weighted by molar-refractivity contribution is -0.384. The fourth-order valence-electron chi connectivity index (χ4n) is 1.84. The number of nitro benzene ring substituents is 1. The summed E-state index contributed by atoms with van der Waals surface area (Å²) in [6, 6.07) is 10.5. The van der Waals surface area contributed by atoms with Crippen LogP contribution in [0.1, 0.15) is 11.1 Å². The van der Waals surface area contributed by atoms with Crippen LogP contribution in [0.5, 0.6) is 11.5 Å². The van der Waals surface area contributed by atoms with Crippen molar-refractivity contribution in [2.24, 2.45) is 0 Å². The summed E-state index contributed by atoms with van der Waals surface area (Å²) >= 11 is 0. The smallest absolute Gasteiger partial charge is 0.275 e. The number of nitrogens with zero attached hydrogens (tertiary/aromatic N) is 1. The molecule has 0 atom stereocenters. The molecule has 0 unspecified atom stereocenters. The molecule has 104 valence electrons. The lowest BCUT2D eigenvalue weighted by atomic mass is 10.1. The Hall–Kier alpha value is -2.56. The first-order valence-electron chi connectivity index (χ1n) is 6.22. The second kappa shape index (κ2) is 5.61. The Morgan fingerprint density at radius 3 is 2.55 bits per heavy atom. The summed E-state index contributed by atoms with van der Waals surface area (Å²) in [5.74, 6) is 1.14. The molecule has 0 aromatic heterocycles. The molecule has 0 fully saturated rings. The lowest BCUT2D eigenvalue weighted by Gasteiger charge is -2.11. The molecule has 0 aliphatic carbocycles. The molecule has 2 aromatic carbocycles. The monoisotopic (exact) mass is 272 g/mol. The SMILES string of the molecule is CNc1cc(Oc2cc(C)ccc2C)cc([N+](=O)[O-])c1. The number of hydrogen-bond donors (Lipinski definition) is 1. The van der Waals surface area contributed by atoms with Crippen molar-refractivity contribution < 1.29 is 9.66 Å². The van der Waals surface area contributed by atoms with Gasteiger partial charge in [-0.15, -0.1) is 0 Å². The van der Waals surface area contributed by atoms with Crippen LogP contribution >= 0.6 is 0 Å². The van der Waals surface area contributed by atoms with Crippen LogP contribution in [0.25, 0.3) is 0 Å². The molecule has 2 rings (SSSR count). The van der Waals surface area contributed by atoms with Crippen LogP contribution in [0.4, 0.5) is 11.4 Å². The maximum atomic E-state index is 10.9. The van der Waals surface area contributed by atoms with Crippen LogP contribution in [0.15, 0.2) is 36.4 Å². The Balaban J connectivity index is 2.39. The van der Waals surface area contributed by atoms with Crippen molar-refractivity contribution in [1.82, 2.24) is 0 Å². The molecule has 0 aliphatic rings. The first-order chi connectivity index (χ1) is 9.49. The highest BCUT2D eigenvalue weighted by molar-refractivity contribution is 5.57. The van der Waals surface area contributed by atoms with Gasteiger partial charge in [-0.25, -0.2) is 0 Å². The van der Waals surface area contributed by atoms with Gasteiger partial charge in [0.1, 0.15) is 11.5 Å². The molecule has 0 amide bonds. The number of nitrogens with one attached hydrogen (secondary N) is 1. The molecule has 1 N–H and O–H groups in total. The molecule has 0 aliphatic heterocycles. The largest absolute Gasteiger partial charge is 0.457 e. The molecule has 0 spiro atoms. The summed E-state index contributed by atoms with van der Waals surface area (Å²) in [6.45, 7) is 3.91.